The summed E-state index contributed by atoms with van der Waals surface area (Å²) in [5.41, 5.74) is -1.81. The molecule has 0 aromatic heterocycles. The fourth-order valence-electron chi connectivity index (χ4n) is 14.7. The van der Waals surface area contributed by atoms with E-state index in [0.29, 0.717) is 82.9 Å². The SMILES string of the molecule is C=CC(=O)OCCOC(=O)NC1CC(C)(C)CC(C)(CNC(=O)OCCCCCCOCCC[Si](C)(C)O[SiH2][Si](=O)[Si](=O)[Si](=O)[Si](=O)[Si](=O)[Si](=O)[Si](=O)[Si](=O)[Si](=O)[Si](=O)[Si](=O)[Si](=O)[Si](=O)[Si](=O)[Si](=O)[Si](=O)[Si](=O)[Si](=O)[Si](=O)[Si](=O)[Si](=O)[Si](=O)[Si](=O)[Si](=O)[Si](=O)[Si](=O)[Si](=O)[Si](=O)[Si](=O)[Si](=O)[Si](=O)[Si](=O)[Si](=O)[Si](=O)[Si](=O)[Si](C)(C)O[Si](C)(C)CCCOCCC(=O)C2(C)CC(NC(=O)OCCOC(=O)C=C)CC(C)(C)C2)C1. The van der Waals surface area contributed by atoms with Crippen LogP contribution in [0.15, 0.2) is 25.3 Å². The molecule has 4 unspecified atom stereocenters. The number of nitrogens with one attached hydrogen (secondary N) is 3. The van der Waals surface area contributed by atoms with Crippen molar-refractivity contribution in [3.05, 3.63) is 25.3 Å². The third kappa shape index (κ3) is 45.1. The molecule has 3 amide bonds. The van der Waals surface area contributed by atoms with Gasteiger partial charge in [-0.25, -0.2) is 24.0 Å². The first-order valence-electron chi connectivity index (χ1n) is 43.2. The molecule has 0 spiro atoms. The summed E-state index contributed by atoms with van der Waals surface area (Å²) in [5, 5.41) is 8.44. The van der Waals surface area contributed by atoms with Crippen molar-refractivity contribution in [2.75, 3.05) is 66.0 Å². The Morgan fingerprint density at radius 3 is 0.931 bits per heavy atom. The second-order valence-electron chi connectivity index (χ2n) is 36.1. The molecule has 2 saturated carbocycles. The summed E-state index contributed by atoms with van der Waals surface area (Å²) in [6, 6.07) is 0.0458. The van der Waals surface area contributed by atoms with Gasteiger partial charge in [-0.3, -0.25) is 4.79 Å². The molecule has 145 heavy (non-hydrogen) atoms. The first kappa shape index (κ1) is 138. The normalized spacial score (nSPS) is 16.0. The zero-order valence-electron chi connectivity index (χ0n) is 80.0. The predicted molar refractivity (Wildman–Crippen MR) is 527 cm³/mol. The number of alkyl carbamates (subject to hydrolysis) is 3. The Balaban J connectivity index is 1.89. The van der Waals surface area contributed by atoms with Gasteiger partial charge in [0.05, 0.1) is 13.2 Å². The van der Waals surface area contributed by atoms with Crippen LogP contribution in [-0.4, -0.2) is 418 Å². The number of rotatable bonds is 71. The first-order chi connectivity index (χ1) is 66.8. The highest BCUT2D eigenvalue weighted by Crippen LogP contribution is 2.48. The van der Waals surface area contributed by atoms with E-state index in [2.05, 4.69) is 43.0 Å². The van der Waals surface area contributed by atoms with Crippen LogP contribution in [0.5, 0.6) is 0 Å². The predicted octanol–water partition coefficient (Wildman–Crippen LogP) is -8.13. The molecule has 2 rings (SSSR count). The Bertz CT molecular complexity index is 5740. The standard InChI is InChI=1S/C53H99N3O50Si39/c1-15-45(58)100-29-31-103-48(61)55-42-35-50(3,4)39-52(7,37-42)41-54-47(60)102-27-20-18-17-19-24-98-25-21-33-143(9,10)105-107-108(63)109(64)110(65)111(66)112(67)113(68)114(69)115(70)116(71)117(72)118(73)119(74)120(75)121(76)122(77)123(78)124(79)125(80)126(81)127(82)128(83)129(84)130(85)131(86)132(87)133(88)134(89)135(90)136(91)137(92)138(93)139(94)140(95)141(96)142(97)145(13,14)106-144(11,12)34-22-26-99-28-23-44(57)53(8)38-43(36-51(5,6)40-53)56-49(62)104-32-30-101-46(59)16-2/h15-16,42-43H,1-2,17-41,107H2,3-14H3,(H,54,60)(H,55,61)(H,56,62). The summed E-state index contributed by atoms with van der Waals surface area (Å²) >= 11 is 0. The molecule has 2 aliphatic rings. The van der Waals surface area contributed by atoms with E-state index in [9.17, 15) is 185 Å². The van der Waals surface area contributed by atoms with E-state index in [4.69, 9.17) is 41.4 Å². The molecule has 0 aromatic rings. The van der Waals surface area contributed by atoms with E-state index < -0.39 is 351 Å². The number of carbonyl (C=O) groups is 6. The monoisotopic (exact) mass is 2670 g/mol. The number of unbranched alkanes of at least 4 members (excludes halogenated alkanes) is 3. The molecule has 2 aliphatic carbocycles. The fraction of sp³-hybridized carbons (Fsp3) is 0.811. The van der Waals surface area contributed by atoms with Crippen LogP contribution >= 0.6 is 0 Å². The van der Waals surface area contributed by atoms with Crippen LogP contribution in [0.1, 0.15) is 125 Å². The minimum Gasteiger partial charge on any atom is -0.459 e. The molecule has 0 heterocycles. The summed E-state index contributed by atoms with van der Waals surface area (Å²) in [5.74, 6) is -1.47. The Hall–Kier alpha value is -2.80. The van der Waals surface area contributed by atoms with Crippen LogP contribution in [0, 0.1) is 21.7 Å². The molecule has 0 saturated heterocycles. The van der Waals surface area contributed by atoms with Gasteiger partial charge in [0, 0.05) is 62.4 Å². The number of Topliss-reactive ketones (excluding diaryl/α,β-unsaturated/α-hetero) is 1. The summed E-state index contributed by atoms with van der Waals surface area (Å²) < 4.78 is 509. The van der Waals surface area contributed by atoms with Crippen molar-refractivity contribution in [2.24, 2.45) is 21.7 Å². The minimum atomic E-state index is -4.87. The first-order valence-corrected chi connectivity index (χ1v) is 140. The molecule has 0 bridgehead atoms. The van der Waals surface area contributed by atoms with Crippen molar-refractivity contribution in [2.45, 2.75) is 188 Å². The van der Waals surface area contributed by atoms with Crippen LogP contribution in [0.3, 0.4) is 0 Å². The van der Waals surface area contributed by atoms with Crippen molar-refractivity contribution >= 4 is 340 Å². The van der Waals surface area contributed by atoms with Gasteiger partial charge in [0.1, 0.15) is 32.2 Å². The topological polar surface area (TPSA) is 819 Å². The Morgan fingerprint density at radius 2 is 0.593 bits per heavy atom. The van der Waals surface area contributed by atoms with E-state index in [0.717, 1.165) is 25.0 Å². The van der Waals surface area contributed by atoms with Crippen molar-refractivity contribution in [3.63, 3.8) is 0 Å². The van der Waals surface area contributed by atoms with Crippen LogP contribution < -0.4 is 16.0 Å². The number of carbonyl (C=O) groups excluding carboxylic acids is 6. The number of amides is 3. The van der Waals surface area contributed by atoms with Gasteiger partial charge < -0.3 is 214 Å². The summed E-state index contributed by atoms with van der Waals surface area (Å²) in [4.78, 5) is 73.6. The number of hydrogen-bond donors (Lipinski definition) is 3. The summed E-state index contributed by atoms with van der Waals surface area (Å²) in [6.45, 7) is 28.3. The van der Waals surface area contributed by atoms with Gasteiger partial charge >= 0.3 is 300 Å². The van der Waals surface area contributed by atoms with Crippen LogP contribution in [0.25, 0.3) is 0 Å². The van der Waals surface area contributed by atoms with Gasteiger partial charge in [0.25, 0.3) is 0 Å². The second-order valence-corrected chi connectivity index (χ2v) is 226. The van der Waals surface area contributed by atoms with Gasteiger partial charge in [-0.05, 0) is 138 Å². The lowest BCUT2D eigenvalue weighted by atomic mass is 9.60. The highest BCUT2D eigenvalue weighted by Gasteiger charge is 2.61. The van der Waals surface area contributed by atoms with Gasteiger partial charge in [0.15, 0.2) is 16.6 Å². The van der Waals surface area contributed by atoms with Gasteiger partial charge in [0.2, 0.25) is 17.1 Å². The number of hydrogen-bond acceptors (Lipinski definition) is 50. The zero-order chi connectivity index (χ0) is 112. The van der Waals surface area contributed by atoms with E-state index in [1.165, 1.54) is 13.1 Å². The molecule has 0 aliphatic heterocycles. The highest BCUT2D eigenvalue weighted by atomic mass is 30.1. The molecule has 0 aromatic carbocycles. The maximum absolute atomic E-state index is 13.8. The number of esters is 2. The van der Waals surface area contributed by atoms with Crippen LogP contribution in [-0.2, 0) is 212 Å². The lowest BCUT2D eigenvalue weighted by molar-refractivity contribution is -0.139. The third-order valence-corrected chi connectivity index (χ3v) is 321. The van der Waals surface area contributed by atoms with Crippen LogP contribution in [0.2, 0.25) is 51.4 Å². The van der Waals surface area contributed by atoms with Gasteiger partial charge in [-0.2, -0.15) is 0 Å². The van der Waals surface area contributed by atoms with Gasteiger partial charge in [-0.15, -0.1) is 0 Å². The van der Waals surface area contributed by atoms with Crippen LogP contribution in [0.4, 0.5) is 14.4 Å². The average molecular weight is 2670 g/mol. The highest BCUT2D eigenvalue weighted by molar-refractivity contribution is 7.86. The molecule has 0 radical (unpaired) electrons. The third-order valence-electron chi connectivity index (χ3n) is 21.0. The van der Waals surface area contributed by atoms with E-state index in [1.807, 2.05) is 20.8 Å². The molecular weight excluding hydrogens is 2570 g/mol. The largest absolute Gasteiger partial charge is 0.459 e. The maximum atomic E-state index is 13.8. The molecule has 782 valence electrons. The minimum absolute atomic E-state index is 0.00767. The van der Waals surface area contributed by atoms with E-state index >= 15 is 0 Å². The molecule has 4 atom stereocenters. The summed E-state index contributed by atoms with van der Waals surface area (Å²) in [6.07, 6.45) is 6.65. The number of ketones is 1. The summed E-state index contributed by atoms with van der Waals surface area (Å²) in [7, 11) is -173. The molecule has 3 N–H and O–H groups in total. The number of ether oxygens (including phenoxy) is 7. The lowest BCUT2D eigenvalue weighted by Gasteiger charge is -2.46. The zero-order valence-corrected chi connectivity index (χ0v) is 119. The Kier molecular flexibility index (Phi) is 61.0. The van der Waals surface area contributed by atoms with Crippen molar-refractivity contribution in [3.8, 4) is 0 Å². The van der Waals surface area contributed by atoms with Crippen molar-refractivity contribution in [1.29, 1.82) is 0 Å². The molecular formula is C53H99N3O50Si39. The van der Waals surface area contributed by atoms with Crippen molar-refractivity contribution in [1.82, 2.24) is 16.0 Å². The molecule has 53 nitrogen and oxygen atoms in total. The maximum Gasteiger partial charge on any atom is 0.407 e. The van der Waals surface area contributed by atoms with Crippen molar-refractivity contribution < 1.29 is 226 Å². The van der Waals surface area contributed by atoms with E-state index in [1.54, 1.807) is 33.1 Å². The lowest BCUT2D eigenvalue weighted by Crippen LogP contribution is -2.60. The Morgan fingerprint density at radius 1 is 0.317 bits per heavy atom. The molecule has 92 heteroatoms. The second kappa shape index (κ2) is 64.0. The molecule has 2 fully saturated rings. The van der Waals surface area contributed by atoms with E-state index in [-0.39, 0.29) is 88.5 Å². The fourth-order valence-corrected chi connectivity index (χ4v) is 462. The average Bonchev–Trinajstić information content (AvgIpc) is 0.783. The Labute approximate surface area is 875 Å². The quantitative estimate of drug-likeness (QED) is 0.0167. The smallest absolute Gasteiger partial charge is 0.407 e. The van der Waals surface area contributed by atoms with Gasteiger partial charge in [-0.1, -0.05) is 61.1 Å².